The molecule has 52 heavy (non-hydrogen) atoms. The van der Waals surface area contributed by atoms with Gasteiger partial charge in [-0.15, -0.1) is 0 Å². The van der Waals surface area contributed by atoms with E-state index in [0.717, 1.165) is 16.5 Å². The van der Waals surface area contributed by atoms with Gasteiger partial charge in [-0.1, -0.05) is 67.7 Å². The lowest BCUT2D eigenvalue weighted by Crippen LogP contribution is -2.52. The Hall–Kier alpha value is -4.97. The highest BCUT2D eigenvalue weighted by atomic mass is 28.3. The van der Waals surface area contributed by atoms with Crippen molar-refractivity contribution in [1.29, 1.82) is 0 Å². The molecule has 6 rings (SSSR count). The molecule has 1 spiro atoms. The fraction of sp³-hybridized carbons (Fsp3) is 0.341. The summed E-state index contributed by atoms with van der Waals surface area (Å²) in [7, 11) is 2.43. The van der Waals surface area contributed by atoms with E-state index < -0.39 is 19.8 Å². The number of amides is 3. The Morgan fingerprint density at radius 3 is 2.19 bits per heavy atom. The standard InChI is InChI=1S/C41H47N3O7Si/c1-27-38(52(5,6)33-19-17-32(50-4)18-20-33)36(25-37(46)44(22-23-45)26-28-10-8-7-9-11-28)51-41(27)34-24-30(14-21-35(34)43(2)40(41)48)42-39(47)29-12-15-31(49-3)16-13-29/h7-21,24,27,36,38,45H,22-23,25-26H2,1-6H3,(H,42,47)/t27-,36+,38-,41+/m0/s1. The number of carbonyl (C=O) groups excluding carboxylic acids is 3. The van der Waals surface area contributed by atoms with E-state index in [0.29, 0.717) is 34.8 Å². The molecule has 4 aromatic rings. The van der Waals surface area contributed by atoms with Crippen LogP contribution in [0.4, 0.5) is 11.4 Å². The lowest BCUT2D eigenvalue weighted by molar-refractivity contribution is -0.149. The molecule has 0 unspecified atom stereocenters. The quantitative estimate of drug-likeness (QED) is 0.184. The van der Waals surface area contributed by atoms with E-state index in [4.69, 9.17) is 14.2 Å². The molecule has 4 atom stereocenters. The van der Waals surface area contributed by atoms with Crippen molar-refractivity contribution in [3.63, 3.8) is 0 Å². The van der Waals surface area contributed by atoms with Gasteiger partial charge in [0, 0.05) is 42.9 Å². The van der Waals surface area contributed by atoms with Crippen molar-refractivity contribution in [3.05, 3.63) is 114 Å². The van der Waals surface area contributed by atoms with Crippen LogP contribution >= 0.6 is 0 Å². The maximum absolute atomic E-state index is 14.6. The van der Waals surface area contributed by atoms with E-state index in [-0.39, 0.29) is 48.8 Å². The third-order valence-electron chi connectivity index (χ3n) is 10.9. The molecule has 1 saturated heterocycles. The zero-order valence-corrected chi connectivity index (χ0v) is 31.6. The zero-order valence-electron chi connectivity index (χ0n) is 30.6. The normalized spacial score (nSPS) is 20.9. The molecule has 2 aliphatic rings. The van der Waals surface area contributed by atoms with Gasteiger partial charge >= 0.3 is 0 Å². The number of nitrogens with one attached hydrogen (secondary N) is 1. The lowest BCUT2D eigenvalue weighted by Gasteiger charge is -2.37. The van der Waals surface area contributed by atoms with Crippen LogP contribution in [0.25, 0.3) is 0 Å². The highest BCUT2D eigenvalue weighted by molar-refractivity contribution is 6.91. The second kappa shape index (κ2) is 14.9. The SMILES string of the molecule is COc1ccc(C(=O)Nc2ccc3c(c2)[C@@]2(O[C@H](CC(=O)N(CCO)Cc4ccccc4)[C@@H]([Si](C)(C)c4ccc(OC)cc4)[C@@H]2C)C(=O)N3C)cc1. The Morgan fingerprint density at radius 1 is 0.942 bits per heavy atom. The Morgan fingerprint density at radius 2 is 1.58 bits per heavy atom. The van der Waals surface area contributed by atoms with Crippen LogP contribution in [0.15, 0.2) is 97.1 Å². The third kappa shape index (κ3) is 6.71. The van der Waals surface area contributed by atoms with Crippen molar-refractivity contribution in [2.75, 3.05) is 44.6 Å². The fourth-order valence-electron chi connectivity index (χ4n) is 8.16. The highest BCUT2D eigenvalue weighted by Gasteiger charge is 2.66. The maximum Gasteiger partial charge on any atom is 0.264 e. The summed E-state index contributed by atoms with van der Waals surface area (Å²) < 4.78 is 17.8. The number of ether oxygens (including phenoxy) is 3. The molecule has 2 heterocycles. The number of anilines is 2. The zero-order chi connectivity index (χ0) is 37.2. The predicted molar refractivity (Wildman–Crippen MR) is 204 cm³/mol. The van der Waals surface area contributed by atoms with E-state index in [1.165, 1.54) is 0 Å². The molecule has 3 amide bonds. The summed E-state index contributed by atoms with van der Waals surface area (Å²) in [5, 5.41) is 14.1. The van der Waals surface area contributed by atoms with Crippen molar-refractivity contribution in [2.24, 2.45) is 5.92 Å². The topological polar surface area (TPSA) is 118 Å². The summed E-state index contributed by atoms with van der Waals surface area (Å²) >= 11 is 0. The molecule has 0 radical (unpaired) electrons. The van der Waals surface area contributed by atoms with Gasteiger partial charge in [0.2, 0.25) is 5.91 Å². The molecule has 272 valence electrons. The van der Waals surface area contributed by atoms with Gasteiger partial charge in [0.1, 0.15) is 11.5 Å². The van der Waals surface area contributed by atoms with E-state index >= 15 is 0 Å². The molecule has 0 aromatic heterocycles. The number of carbonyl (C=O) groups is 3. The van der Waals surface area contributed by atoms with Crippen LogP contribution in [0, 0.1) is 5.92 Å². The predicted octanol–water partition coefficient (Wildman–Crippen LogP) is 5.56. The number of aliphatic hydroxyl groups excluding tert-OH is 1. The maximum atomic E-state index is 14.6. The smallest absolute Gasteiger partial charge is 0.264 e. The first-order chi connectivity index (χ1) is 24.9. The molecule has 0 aliphatic carbocycles. The first kappa shape index (κ1) is 36.8. The Labute approximate surface area is 306 Å². The summed E-state index contributed by atoms with van der Waals surface area (Å²) in [5.41, 5.74) is 1.74. The van der Waals surface area contributed by atoms with Crippen LogP contribution in [0.5, 0.6) is 11.5 Å². The minimum Gasteiger partial charge on any atom is -0.497 e. The Balaban J connectivity index is 1.39. The highest BCUT2D eigenvalue weighted by Crippen LogP contribution is 2.60. The van der Waals surface area contributed by atoms with Crippen molar-refractivity contribution in [2.45, 2.75) is 50.2 Å². The van der Waals surface area contributed by atoms with Crippen molar-refractivity contribution < 1.29 is 33.7 Å². The van der Waals surface area contributed by atoms with Crippen LogP contribution in [-0.4, -0.2) is 76.3 Å². The molecule has 0 saturated carbocycles. The number of fused-ring (bicyclic) bond motifs is 2. The van der Waals surface area contributed by atoms with Crippen molar-refractivity contribution in [3.8, 4) is 11.5 Å². The van der Waals surface area contributed by atoms with Crippen LogP contribution in [0.3, 0.4) is 0 Å². The van der Waals surface area contributed by atoms with E-state index in [1.54, 1.807) is 61.4 Å². The summed E-state index contributed by atoms with van der Waals surface area (Å²) in [5.74, 6) is 0.400. The number of benzene rings is 4. The van der Waals surface area contributed by atoms with E-state index in [2.05, 4.69) is 37.5 Å². The molecular weight excluding hydrogens is 675 g/mol. The largest absolute Gasteiger partial charge is 0.497 e. The van der Waals surface area contributed by atoms with E-state index in [1.807, 2.05) is 54.6 Å². The van der Waals surface area contributed by atoms with E-state index in [9.17, 15) is 19.5 Å². The molecule has 2 aliphatic heterocycles. The molecular formula is C41H47N3O7Si. The average molecular weight is 722 g/mol. The van der Waals surface area contributed by atoms with Crippen LogP contribution in [0.2, 0.25) is 18.6 Å². The number of hydrogen-bond donors (Lipinski definition) is 2. The monoisotopic (exact) mass is 721 g/mol. The first-order valence-corrected chi connectivity index (χ1v) is 20.6. The van der Waals surface area contributed by atoms with Gasteiger partial charge in [0.15, 0.2) is 5.60 Å². The second-order valence-electron chi connectivity index (χ2n) is 14.2. The second-order valence-corrected chi connectivity index (χ2v) is 18.9. The number of methoxy groups -OCH3 is 2. The minimum atomic E-state index is -2.51. The van der Waals surface area contributed by atoms with Gasteiger partial charge in [-0.25, -0.2) is 0 Å². The van der Waals surface area contributed by atoms with Crippen LogP contribution < -0.4 is 24.9 Å². The van der Waals surface area contributed by atoms with Gasteiger partial charge < -0.3 is 34.4 Å². The third-order valence-corrected chi connectivity index (χ3v) is 15.3. The summed E-state index contributed by atoms with van der Waals surface area (Å²) in [4.78, 5) is 45.4. The number of rotatable bonds is 12. The Kier molecular flexibility index (Phi) is 10.6. The molecule has 2 N–H and O–H groups in total. The van der Waals surface area contributed by atoms with Crippen LogP contribution in [-0.2, 0) is 26.5 Å². The lowest BCUT2D eigenvalue weighted by atomic mass is 9.82. The van der Waals surface area contributed by atoms with Gasteiger partial charge in [-0.05, 0) is 65.7 Å². The molecule has 10 nitrogen and oxygen atoms in total. The number of aliphatic hydroxyl groups is 1. The first-order valence-electron chi connectivity index (χ1n) is 17.6. The van der Waals surface area contributed by atoms with Gasteiger partial charge in [-0.3, -0.25) is 14.4 Å². The fourth-order valence-corrected chi connectivity index (χ4v) is 12.2. The summed E-state index contributed by atoms with van der Waals surface area (Å²) in [6.07, 6.45) is -0.569. The summed E-state index contributed by atoms with van der Waals surface area (Å²) in [6, 6.07) is 30.1. The van der Waals surface area contributed by atoms with Crippen molar-refractivity contribution >= 4 is 42.4 Å². The minimum absolute atomic E-state index is 0.0381. The Bertz CT molecular complexity index is 1920. The number of hydrogen-bond acceptors (Lipinski definition) is 7. The van der Waals surface area contributed by atoms with Crippen LogP contribution in [0.1, 0.15) is 34.8 Å². The molecule has 11 heteroatoms. The molecule has 4 aromatic carbocycles. The number of nitrogens with zero attached hydrogens (tertiary/aromatic N) is 2. The number of likely N-dealkylation sites (N-methyl/N-ethyl adjacent to an activating group) is 1. The van der Waals surface area contributed by atoms with Gasteiger partial charge in [0.05, 0.1) is 47.1 Å². The van der Waals surface area contributed by atoms with Crippen molar-refractivity contribution in [1.82, 2.24) is 4.90 Å². The van der Waals surface area contributed by atoms with Gasteiger partial charge in [-0.2, -0.15) is 0 Å². The molecule has 0 bridgehead atoms. The average Bonchev–Trinajstić information content (AvgIpc) is 3.57. The molecule has 1 fully saturated rings. The van der Waals surface area contributed by atoms with Gasteiger partial charge in [0.25, 0.3) is 11.8 Å². The summed E-state index contributed by atoms with van der Waals surface area (Å²) in [6.45, 7) is 6.93.